The average molecular weight is 436 g/mol. The maximum absolute atomic E-state index is 12.8. The van der Waals surface area contributed by atoms with Crippen LogP contribution in [-0.2, 0) is 21.4 Å². The van der Waals surface area contributed by atoms with E-state index in [1.165, 1.54) is 48.8 Å². The molecule has 0 bridgehead atoms. The Bertz CT molecular complexity index is 1050. The maximum atomic E-state index is 12.8. The zero-order valence-corrected chi connectivity index (χ0v) is 16.9. The maximum Gasteiger partial charge on any atom is 0.332 e. The third-order valence-corrected chi connectivity index (χ3v) is 5.64. The summed E-state index contributed by atoms with van der Waals surface area (Å²) < 4.78 is 26.9. The molecule has 0 spiro atoms. The zero-order valence-electron chi connectivity index (χ0n) is 16.1. The highest BCUT2D eigenvalue weighted by Gasteiger charge is 2.31. The summed E-state index contributed by atoms with van der Waals surface area (Å²) in [5.74, 6) is -1.00. The van der Waals surface area contributed by atoms with Crippen LogP contribution in [0.5, 0.6) is 0 Å². The Morgan fingerprint density at radius 3 is 2.33 bits per heavy atom. The minimum absolute atomic E-state index is 0.0722. The Kier molecular flexibility index (Phi) is 7.08. The molecule has 0 saturated heterocycles. The van der Waals surface area contributed by atoms with Crippen LogP contribution in [0.4, 0.5) is 10.5 Å². The highest BCUT2D eigenvalue weighted by atomic mass is 32.2. The van der Waals surface area contributed by atoms with E-state index in [0.717, 1.165) is 10.5 Å². The molecule has 3 N–H and O–H groups in total. The van der Waals surface area contributed by atoms with Crippen molar-refractivity contribution in [3.63, 3.8) is 0 Å². The van der Waals surface area contributed by atoms with E-state index in [2.05, 4.69) is 0 Å². The summed E-state index contributed by atoms with van der Waals surface area (Å²) in [5, 5.41) is 20.1. The van der Waals surface area contributed by atoms with E-state index < -0.39 is 39.5 Å². The first-order valence-corrected chi connectivity index (χ1v) is 10.1. The number of rotatable bonds is 7. The van der Waals surface area contributed by atoms with Crippen LogP contribution < -0.4 is 10.2 Å². The third kappa shape index (κ3) is 5.30. The van der Waals surface area contributed by atoms with Crippen molar-refractivity contribution in [3.05, 3.63) is 69.8 Å². The number of benzene rings is 2. The number of urea groups is 1. The van der Waals surface area contributed by atoms with E-state index in [0.29, 0.717) is 0 Å². The number of nitrogens with one attached hydrogen (secondary N) is 2. The van der Waals surface area contributed by atoms with Gasteiger partial charge in [-0.2, -0.15) is 0 Å². The lowest BCUT2D eigenvalue weighted by atomic mass is 10.1. The van der Waals surface area contributed by atoms with E-state index in [9.17, 15) is 28.1 Å². The Morgan fingerprint density at radius 2 is 1.77 bits per heavy atom. The number of aryl methyl sites for hydroxylation is 1. The average Bonchev–Trinajstić information content (AvgIpc) is 2.70. The molecular formula is C18H20N4O7S. The lowest BCUT2D eigenvalue weighted by molar-refractivity contribution is -0.385. The van der Waals surface area contributed by atoms with Crippen molar-refractivity contribution in [2.45, 2.75) is 31.3 Å². The summed E-state index contributed by atoms with van der Waals surface area (Å²) >= 11 is 0. The van der Waals surface area contributed by atoms with E-state index in [1.54, 1.807) is 19.1 Å². The topological polar surface area (TPSA) is 159 Å². The quantitative estimate of drug-likeness (QED) is 0.338. The molecule has 1 unspecified atom stereocenters. The number of amides is 3. The van der Waals surface area contributed by atoms with Gasteiger partial charge in [0.25, 0.3) is 21.6 Å². The third-order valence-electron chi connectivity index (χ3n) is 4.30. The van der Waals surface area contributed by atoms with E-state index in [4.69, 9.17) is 5.21 Å². The second kappa shape index (κ2) is 9.33. The van der Waals surface area contributed by atoms with Crippen LogP contribution in [0.1, 0.15) is 18.1 Å². The lowest BCUT2D eigenvalue weighted by Crippen LogP contribution is -2.51. The normalized spacial score (nSPS) is 12.0. The fraction of sp³-hybridized carbons (Fsp3) is 0.222. The van der Waals surface area contributed by atoms with Crippen molar-refractivity contribution in [1.29, 1.82) is 0 Å². The number of para-hydroxylation sites is 1. The molecule has 0 aromatic heterocycles. The van der Waals surface area contributed by atoms with Crippen molar-refractivity contribution >= 4 is 27.6 Å². The molecule has 0 aliphatic rings. The predicted molar refractivity (Wildman–Crippen MR) is 105 cm³/mol. The molecule has 0 aliphatic heterocycles. The van der Waals surface area contributed by atoms with Gasteiger partial charge >= 0.3 is 6.03 Å². The molecule has 2 aromatic carbocycles. The summed E-state index contributed by atoms with van der Waals surface area (Å²) in [6.45, 7) is 2.54. The van der Waals surface area contributed by atoms with Crippen LogP contribution >= 0.6 is 0 Å². The first-order chi connectivity index (χ1) is 14.1. The summed E-state index contributed by atoms with van der Waals surface area (Å²) in [6.07, 6.45) is 0. The highest BCUT2D eigenvalue weighted by Crippen LogP contribution is 2.21. The molecule has 0 radical (unpaired) electrons. The summed E-state index contributed by atoms with van der Waals surface area (Å²) in [4.78, 5) is 35.8. The standard InChI is InChI=1S/C18H20N4O7S/c1-12-7-9-15(10-8-12)30(28,29)20-18(24)21(13(2)17(23)19-25)11-14-5-3-4-6-16(14)22(26)27/h3-10,13,25H,11H2,1-2H3,(H,19,23)(H,20,24). The molecule has 2 rings (SSSR count). The van der Waals surface area contributed by atoms with Crippen LogP contribution in [-0.4, -0.2) is 41.4 Å². The number of hydrogen-bond donors (Lipinski definition) is 3. The number of carbonyl (C=O) groups is 2. The van der Waals surface area contributed by atoms with Crippen LogP contribution in [0.25, 0.3) is 0 Å². The number of nitro groups is 1. The second-order valence-electron chi connectivity index (χ2n) is 6.39. The van der Waals surface area contributed by atoms with Gasteiger partial charge in [-0.25, -0.2) is 23.4 Å². The number of carbonyl (C=O) groups excluding carboxylic acids is 2. The van der Waals surface area contributed by atoms with Crippen molar-refractivity contribution in [2.24, 2.45) is 0 Å². The first kappa shape index (κ1) is 22.8. The Labute approximate surface area is 172 Å². The van der Waals surface area contributed by atoms with Gasteiger partial charge in [0.1, 0.15) is 6.04 Å². The fourth-order valence-electron chi connectivity index (χ4n) is 2.58. The molecule has 11 nitrogen and oxygen atoms in total. The smallest absolute Gasteiger partial charge is 0.308 e. The second-order valence-corrected chi connectivity index (χ2v) is 8.07. The largest absolute Gasteiger partial charge is 0.332 e. The Morgan fingerprint density at radius 1 is 1.17 bits per heavy atom. The molecule has 2 aromatic rings. The molecule has 0 aliphatic carbocycles. The summed E-state index contributed by atoms with van der Waals surface area (Å²) in [5.41, 5.74) is 1.95. The van der Waals surface area contributed by atoms with E-state index >= 15 is 0 Å². The van der Waals surface area contributed by atoms with Crippen molar-refractivity contribution < 1.29 is 28.1 Å². The number of nitrogens with zero attached hydrogens (tertiary/aromatic N) is 2. The van der Waals surface area contributed by atoms with Crippen molar-refractivity contribution in [3.8, 4) is 0 Å². The molecular weight excluding hydrogens is 416 g/mol. The molecule has 160 valence electrons. The van der Waals surface area contributed by atoms with Gasteiger partial charge in [-0.05, 0) is 26.0 Å². The van der Waals surface area contributed by atoms with Gasteiger partial charge in [0.2, 0.25) is 0 Å². The van der Waals surface area contributed by atoms with Crippen molar-refractivity contribution in [2.75, 3.05) is 0 Å². The van der Waals surface area contributed by atoms with Crippen LogP contribution in [0.15, 0.2) is 53.4 Å². The van der Waals surface area contributed by atoms with Crippen LogP contribution in [0.3, 0.4) is 0 Å². The van der Waals surface area contributed by atoms with Gasteiger partial charge in [-0.1, -0.05) is 35.9 Å². The molecule has 1 atom stereocenters. The molecule has 30 heavy (non-hydrogen) atoms. The predicted octanol–water partition coefficient (Wildman–Crippen LogP) is 1.70. The van der Waals surface area contributed by atoms with Crippen molar-refractivity contribution in [1.82, 2.24) is 15.1 Å². The number of hydroxylamine groups is 1. The van der Waals surface area contributed by atoms with Gasteiger partial charge in [0.15, 0.2) is 0 Å². The molecule has 12 heteroatoms. The molecule has 0 heterocycles. The lowest BCUT2D eigenvalue weighted by Gasteiger charge is -2.27. The van der Waals surface area contributed by atoms with Gasteiger partial charge in [-0.3, -0.25) is 20.1 Å². The van der Waals surface area contributed by atoms with Crippen LogP contribution in [0, 0.1) is 17.0 Å². The van der Waals surface area contributed by atoms with Crippen LogP contribution in [0.2, 0.25) is 0 Å². The number of nitro benzene ring substituents is 1. The fourth-order valence-corrected chi connectivity index (χ4v) is 3.54. The summed E-state index contributed by atoms with van der Waals surface area (Å²) in [6, 6.07) is 8.69. The zero-order chi connectivity index (χ0) is 22.5. The van der Waals surface area contributed by atoms with Gasteiger partial charge in [0.05, 0.1) is 16.4 Å². The van der Waals surface area contributed by atoms with E-state index in [-0.39, 0.29) is 16.1 Å². The summed E-state index contributed by atoms with van der Waals surface area (Å²) in [7, 11) is -4.28. The van der Waals surface area contributed by atoms with Gasteiger partial charge in [0, 0.05) is 11.6 Å². The van der Waals surface area contributed by atoms with E-state index in [1.807, 2.05) is 4.72 Å². The molecule has 0 saturated carbocycles. The number of hydrogen-bond acceptors (Lipinski definition) is 7. The SMILES string of the molecule is Cc1ccc(S(=O)(=O)NC(=O)N(Cc2ccccc2[N+](=O)[O-])C(C)C(=O)NO)cc1. The molecule has 3 amide bonds. The Hall–Kier alpha value is -3.51. The van der Waals surface area contributed by atoms with Gasteiger partial charge in [-0.15, -0.1) is 0 Å². The minimum Gasteiger partial charge on any atom is -0.308 e. The highest BCUT2D eigenvalue weighted by molar-refractivity contribution is 7.90. The number of sulfonamides is 1. The minimum atomic E-state index is -4.28. The first-order valence-electron chi connectivity index (χ1n) is 8.63. The van der Waals surface area contributed by atoms with Gasteiger partial charge < -0.3 is 4.90 Å². The Balaban J connectivity index is 2.37. The monoisotopic (exact) mass is 436 g/mol. The molecule has 0 fully saturated rings.